The number of thiazole rings is 1. The largest absolute Gasteiger partial charge is 0.497 e. The second-order valence-corrected chi connectivity index (χ2v) is 11.1. The predicted octanol–water partition coefficient (Wildman–Crippen LogP) is 7.18. The highest BCUT2D eigenvalue weighted by atomic mass is 32.1. The summed E-state index contributed by atoms with van der Waals surface area (Å²) in [6.45, 7) is 3.62. The van der Waals surface area contributed by atoms with E-state index >= 15 is 0 Å². The number of allylic oxidation sites excluding steroid dienone is 1. The molecule has 7 nitrogen and oxygen atoms in total. The van der Waals surface area contributed by atoms with Crippen molar-refractivity contribution in [2.45, 2.75) is 52.2 Å². The van der Waals surface area contributed by atoms with Crippen LogP contribution in [0.4, 0.5) is 0 Å². The van der Waals surface area contributed by atoms with Crippen molar-refractivity contribution in [1.82, 2.24) is 14.9 Å². The Morgan fingerprint density at radius 2 is 1.71 bits per heavy atom. The zero-order valence-corrected chi connectivity index (χ0v) is 24.8. The van der Waals surface area contributed by atoms with Crippen molar-refractivity contribution in [3.05, 3.63) is 93.5 Å². The average molecular weight is 572 g/mol. The molecule has 1 N–H and O–H groups in total. The monoisotopic (exact) mass is 571 g/mol. The number of nitrogens with zero attached hydrogens (tertiary/aromatic N) is 2. The maximum Gasteiger partial charge on any atom is 0.253 e. The van der Waals surface area contributed by atoms with Crippen LogP contribution < -0.4 is 19.5 Å². The van der Waals surface area contributed by atoms with Gasteiger partial charge in [0.1, 0.15) is 28.9 Å². The van der Waals surface area contributed by atoms with Gasteiger partial charge in [-0.3, -0.25) is 4.79 Å². The summed E-state index contributed by atoms with van der Waals surface area (Å²) in [6.07, 6.45) is 8.06. The minimum atomic E-state index is -0.0491. The summed E-state index contributed by atoms with van der Waals surface area (Å²) in [6, 6.07) is 17.5. The number of benzene rings is 2. The maximum absolute atomic E-state index is 13.3. The highest BCUT2D eigenvalue weighted by Crippen LogP contribution is 2.30. The van der Waals surface area contributed by atoms with E-state index in [1.165, 1.54) is 18.4 Å². The first kappa shape index (κ1) is 28.5. The van der Waals surface area contributed by atoms with E-state index in [0.29, 0.717) is 25.3 Å². The van der Waals surface area contributed by atoms with Gasteiger partial charge in [0.05, 0.1) is 31.2 Å². The zero-order valence-electron chi connectivity index (χ0n) is 23.9. The molecule has 5 rings (SSSR count). The molecule has 0 atom stereocenters. The van der Waals surface area contributed by atoms with E-state index in [0.717, 1.165) is 64.2 Å². The molecule has 0 saturated heterocycles. The lowest BCUT2D eigenvalue weighted by molar-refractivity contribution is 0.0953. The van der Waals surface area contributed by atoms with Crippen LogP contribution in [0.1, 0.15) is 58.7 Å². The number of hydrogen-bond acceptors (Lipinski definition) is 6. The third kappa shape index (κ3) is 7.19. The number of hydrogen-bond donors (Lipinski definition) is 1. The van der Waals surface area contributed by atoms with E-state index in [2.05, 4.69) is 28.1 Å². The summed E-state index contributed by atoms with van der Waals surface area (Å²) in [7, 11) is 3.31. The number of carbonyl (C=O) groups excluding carboxylic acids is 1. The van der Waals surface area contributed by atoms with Gasteiger partial charge in [0.25, 0.3) is 5.91 Å². The molecule has 0 bridgehead atoms. The first-order valence-corrected chi connectivity index (χ1v) is 14.9. The van der Waals surface area contributed by atoms with Crippen molar-refractivity contribution in [2.75, 3.05) is 20.8 Å². The van der Waals surface area contributed by atoms with E-state index in [-0.39, 0.29) is 5.91 Å². The van der Waals surface area contributed by atoms with Gasteiger partial charge >= 0.3 is 0 Å². The number of ether oxygens (including phenoxy) is 3. The van der Waals surface area contributed by atoms with Gasteiger partial charge in [-0.05, 0) is 87.1 Å². The van der Waals surface area contributed by atoms with Gasteiger partial charge < -0.3 is 24.1 Å². The quantitative estimate of drug-likeness (QED) is 0.182. The Balaban J connectivity index is 1.35. The molecule has 1 aliphatic carbocycles. The van der Waals surface area contributed by atoms with Crippen LogP contribution in [0.5, 0.6) is 17.2 Å². The molecule has 0 fully saturated rings. The molecule has 1 aliphatic rings. The van der Waals surface area contributed by atoms with Crippen molar-refractivity contribution in [2.24, 2.45) is 0 Å². The van der Waals surface area contributed by atoms with E-state index < -0.39 is 0 Å². The summed E-state index contributed by atoms with van der Waals surface area (Å²) in [5.41, 5.74) is 5.89. The number of aromatic nitrogens is 2. The molecule has 2 aromatic carbocycles. The number of nitrogens with one attached hydrogen (secondary N) is 1. The Labute approximate surface area is 245 Å². The number of amides is 1. The van der Waals surface area contributed by atoms with E-state index in [9.17, 15) is 4.79 Å². The Kier molecular flexibility index (Phi) is 9.41. The fourth-order valence-electron chi connectivity index (χ4n) is 5.08. The normalized spacial score (nSPS) is 13.0. The molecule has 2 heterocycles. The van der Waals surface area contributed by atoms with Crippen molar-refractivity contribution in [3.8, 4) is 28.6 Å². The van der Waals surface area contributed by atoms with E-state index in [4.69, 9.17) is 19.2 Å². The lowest BCUT2D eigenvalue weighted by atomic mass is 9.97. The van der Waals surface area contributed by atoms with Gasteiger partial charge in [0, 0.05) is 24.2 Å². The van der Waals surface area contributed by atoms with Crippen LogP contribution in [0.2, 0.25) is 0 Å². The Morgan fingerprint density at radius 1 is 1.00 bits per heavy atom. The molecule has 0 radical (unpaired) electrons. The van der Waals surface area contributed by atoms with Crippen LogP contribution in [0.15, 0.2) is 71.6 Å². The third-order valence-corrected chi connectivity index (χ3v) is 8.29. The molecular formula is C33H37N3O4S. The molecule has 0 saturated carbocycles. The minimum absolute atomic E-state index is 0.0491. The van der Waals surface area contributed by atoms with Crippen molar-refractivity contribution >= 4 is 17.2 Å². The standard InChI is InChI=1S/C33H37N3O4S/c1-23-29(33(37)34-18-17-24-7-5-4-6-8-24)19-31(36(23)20-25-9-11-26(38-2)12-10-25)30-22-41-32(35-30)21-40-28-15-13-27(39-3)14-16-28/h7,9-16,19,22H,4-6,8,17-18,20-21H2,1-3H3,(H,34,37). The molecule has 8 heteroatoms. The van der Waals surface area contributed by atoms with E-state index in [1.807, 2.05) is 54.8 Å². The number of carbonyl (C=O) groups is 1. The lowest BCUT2D eigenvalue weighted by Gasteiger charge is -2.13. The van der Waals surface area contributed by atoms with Crippen molar-refractivity contribution < 1.29 is 19.0 Å². The van der Waals surface area contributed by atoms with Crippen molar-refractivity contribution in [3.63, 3.8) is 0 Å². The fraction of sp³-hybridized carbons (Fsp3) is 0.333. The summed E-state index contributed by atoms with van der Waals surface area (Å²) in [5, 5.41) is 6.04. The van der Waals surface area contributed by atoms with Gasteiger partial charge in [-0.25, -0.2) is 4.98 Å². The van der Waals surface area contributed by atoms with Gasteiger partial charge in [-0.1, -0.05) is 23.8 Å². The molecule has 0 spiro atoms. The Bertz CT molecular complexity index is 1490. The molecule has 1 amide bonds. The van der Waals surface area contributed by atoms with Crippen molar-refractivity contribution in [1.29, 1.82) is 0 Å². The minimum Gasteiger partial charge on any atom is -0.497 e. The third-order valence-electron chi connectivity index (χ3n) is 7.46. The second kappa shape index (κ2) is 13.5. The molecule has 41 heavy (non-hydrogen) atoms. The molecule has 2 aromatic heterocycles. The summed E-state index contributed by atoms with van der Waals surface area (Å²) in [5.74, 6) is 2.30. The highest BCUT2D eigenvalue weighted by Gasteiger charge is 2.21. The molecule has 4 aromatic rings. The smallest absolute Gasteiger partial charge is 0.253 e. The lowest BCUT2D eigenvalue weighted by Crippen LogP contribution is -2.25. The van der Waals surface area contributed by atoms with Gasteiger partial charge in [0.15, 0.2) is 0 Å². The van der Waals surface area contributed by atoms with Gasteiger partial charge in [-0.15, -0.1) is 11.3 Å². The van der Waals surface area contributed by atoms with Crippen LogP contribution in [0, 0.1) is 6.92 Å². The first-order chi connectivity index (χ1) is 20.0. The average Bonchev–Trinajstić information content (AvgIpc) is 3.61. The summed E-state index contributed by atoms with van der Waals surface area (Å²) in [4.78, 5) is 18.2. The Morgan fingerprint density at radius 3 is 2.39 bits per heavy atom. The Hall–Kier alpha value is -4.04. The SMILES string of the molecule is COc1ccc(Cn2c(-c3csc(COc4ccc(OC)cc4)n3)cc(C(=O)NCCC3=CCCCC3)c2C)cc1. The number of methoxy groups -OCH3 is 2. The fourth-order valence-corrected chi connectivity index (χ4v) is 5.78. The number of rotatable bonds is 12. The van der Waals surface area contributed by atoms with Gasteiger partial charge in [-0.2, -0.15) is 0 Å². The molecule has 0 aliphatic heterocycles. The topological polar surface area (TPSA) is 74.6 Å². The maximum atomic E-state index is 13.3. The highest BCUT2D eigenvalue weighted by molar-refractivity contribution is 7.09. The van der Waals surface area contributed by atoms with Crippen LogP contribution in [-0.2, 0) is 13.2 Å². The summed E-state index contributed by atoms with van der Waals surface area (Å²) < 4.78 is 18.7. The molecular weight excluding hydrogens is 534 g/mol. The van der Waals surface area contributed by atoms with Crippen LogP contribution in [0.25, 0.3) is 11.4 Å². The predicted molar refractivity (Wildman–Crippen MR) is 163 cm³/mol. The van der Waals surface area contributed by atoms with Gasteiger partial charge in [0.2, 0.25) is 0 Å². The molecule has 0 unspecified atom stereocenters. The van der Waals surface area contributed by atoms with E-state index in [1.54, 1.807) is 25.6 Å². The molecule has 214 valence electrons. The first-order valence-electron chi connectivity index (χ1n) is 14.0. The van der Waals surface area contributed by atoms with Crippen LogP contribution >= 0.6 is 11.3 Å². The van der Waals surface area contributed by atoms with Crippen LogP contribution in [0.3, 0.4) is 0 Å². The summed E-state index contributed by atoms with van der Waals surface area (Å²) >= 11 is 1.55. The zero-order chi connectivity index (χ0) is 28.6. The second-order valence-electron chi connectivity index (χ2n) is 10.2. The van der Waals surface area contributed by atoms with Crippen LogP contribution in [-0.4, -0.2) is 36.2 Å².